The van der Waals surface area contributed by atoms with Gasteiger partial charge in [-0.1, -0.05) is 58.9 Å². The Morgan fingerprint density at radius 2 is 1.84 bits per heavy atom. The van der Waals surface area contributed by atoms with Crippen LogP contribution in [0, 0.1) is 5.41 Å². The molecule has 1 aliphatic heterocycles. The number of nitrogens with two attached hydrogens (primary N) is 1. The molecule has 178 valence electrons. The quantitative estimate of drug-likeness (QED) is 0.689. The van der Waals surface area contributed by atoms with E-state index in [4.69, 9.17) is 5.73 Å². The van der Waals surface area contributed by atoms with Crippen LogP contribution in [-0.4, -0.2) is 45.6 Å². The Kier molecular flexibility index (Phi) is 11.1. The van der Waals surface area contributed by atoms with Gasteiger partial charge in [-0.2, -0.15) is 5.10 Å². The summed E-state index contributed by atoms with van der Waals surface area (Å²) in [6.07, 6.45) is 4.16. The molecule has 3 N–H and O–H groups in total. The number of aryl methyl sites for hydroxylation is 1. The summed E-state index contributed by atoms with van der Waals surface area (Å²) < 4.78 is 1.82. The van der Waals surface area contributed by atoms with Crippen LogP contribution in [0.5, 0.6) is 0 Å². The van der Waals surface area contributed by atoms with Crippen LogP contribution in [0.15, 0.2) is 36.5 Å². The van der Waals surface area contributed by atoms with Crippen LogP contribution in [0.25, 0.3) is 11.3 Å². The predicted molar refractivity (Wildman–Crippen MR) is 131 cm³/mol. The molecule has 1 aromatic carbocycles. The van der Waals surface area contributed by atoms with Crippen molar-refractivity contribution in [1.82, 2.24) is 20.0 Å². The summed E-state index contributed by atoms with van der Waals surface area (Å²) in [5.74, 6) is -0.0784. The molecule has 0 aliphatic carbocycles. The molecule has 7 nitrogen and oxygen atoms in total. The highest BCUT2D eigenvalue weighted by Crippen LogP contribution is 2.19. The summed E-state index contributed by atoms with van der Waals surface area (Å²) in [4.78, 5) is 24.6. The first-order valence-corrected chi connectivity index (χ1v) is 11.4. The van der Waals surface area contributed by atoms with Crippen molar-refractivity contribution in [2.75, 3.05) is 6.54 Å². The fraction of sp³-hybridized carbons (Fsp3) is 0.560. The molecule has 0 saturated carbocycles. The Hall–Kier alpha value is -2.67. The van der Waals surface area contributed by atoms with Crippen LogP contribution < -0.4 is 11.1 Å². The zero-order chi connectivity index (χ0) is 24.3. The first-order valence-electron chi connectivity index (χ1n) is 11.4. The van der Waals surface area contributed by atoms with E-state index in [-0.39, 0.29) is 17.4 Å². The van der Waals surface area contributed by atoms with Crippen molar-refractivity contribution in [3.8, 4) is 11.3 Å². The summed E-state index contributed by atoms with van der Waals surface area (Å²) in [5, 5.41) is 7.07. The van der Waals surface area contributed by atoms with E-state index in [0.29, 0.717) is 19.1 Å². The monoisotopic (exact) mass is 443 g/mol. The van der Waals surface area contributed by atoms with E-state index in [1.165, 1.54) is 0 Å². The maximum Gasteiger partial charge on any atom is 0.243 e. The minimum Gasteiger partial charge on any atom is -0.350 e. The van der Waals surface area contributed by atoms with E-state index >= 15 is 0 Å². The van der Waals surface area contributed by atoms with Gasteiger partial charge in [0.15, 0.2) is 0 Å². The predicted octanol–water partition coefficient (Wildman–Crippen LogP) is 3.73. The molecule has 1 aromatic heterocycles. The number of aromatic nitrogens is 2. The molecular weight excluding hydrogens is 402 g/mol. The van der Waals surface area contributed by atoms with Gasteiger partial charge in [-0.05, 0) is 42.4 Å². The van der Waals surface area contributed by atoms with E-state index in [0.717, 1.165) is 36.1 Å². The summed E-state index contributed by atoms with van der Waals surface area (Å²) >= 11 is 0. The first kappa shape index (κ1) is 27.4. The number of nitrogens with zero attached hydrogens (tertiary/aromatic N) is 3. The average molecular weight is 444 g/mol. The maximum atomic E-state index is 12.2. The first-order chi connectivity index (χ1) is 15.1. The standard InChI is InChI=1S/C17H20N4O2.C6H15N.C2H6/c1-20-15(8-9-19-20)14-6-4-13(5-7-14)11-18-17(23)16-3-2-10-21(16)12-22;1-5(7)6(2,3)4;1-2/h4-9,12,16H,2-3,10-11H2,1H3,(H,18,23);5H,7H2,1-4H3;1-2H3. The average Bonchev–Trinajstić information content (AvgIpc) is 3.42. The highest BCUT2D eigenvalue weighted by molar-refractivity contribution is 5.84. The fourth-order valence-electron chi connectivity index (χ4n) is 2.95. The number of likely N-dealkylation sites (tertiary alicyclic amines) is 1. The van der Waals surface area contributed by atoms with Crippen molar-refractivity contribution in [2.45, 2.75) is 73.0 Å². The van der Waals surface area contributed by atoms with Crippen LogP contribution in [0.4, 0.5) is 0 Å². The molecule has 1 fully saturated rings. The molecule has 0 spiro atoms. The molecule has 0 bridgehead atoms. The molecule has 2 amide bonds. The molecule has 1 aliphatic rings. The lowest BCUT2D eigenvalue weighted by Gasteiger charge is -2.22. The number of carbonyl (C=O) groups is 2. The van der Waals surface area contributed by atoms with E-state index in [9.17, 15) is 9.59 Å². The summed E-state index contributed by atoms with van der Waals surface area (Å²) in [7, 11) is 1.91. The van der Waals surface area contributed by atoms with Gasteiger partial charge >= 0.3 is 0 Å². The van der Waals surface area contributed by atoms with E-state index in [2.05, 4.69) is 31.2 Å². The summed E-state index contributed by atoms with van der Waals surface area (Å²) in [5.41, 5.74) is 9.01. The zero-order valence-corrected chi connectivity index (χ0v) is 20.8. The van der Waals surface area contributed by atoms with Gasteiger partial charge < -0.3 is 16.0 Å². The summed E-state index contributed by atoms with van der Waals surface area (Å²) in [6, 6.07) is 9.97. The van der Waals surface area contributed by atoms with Crippen molar-refractivity contribution in [3.63, 3.8) is 0 Å². The summed E-state index contributed by atoms with van der Waals surface area (Å²) in [6.45, 7) is 13.6. The zero-order valence-electron chi connectivity index (χ0n) is 20.8. The number of rotatable bonds is 5. The van der Waals surface area contributed by atoms with Crippen molar-refractivity contribution < 1.29 is 9.59 Å². The Morgan fingerprint density at radius 1 is 1.25 bits per heavy atom. The van der Waals surface area contributed by atoms with E-state index in [1.54, 1.807) is 11.1 Å². The molecule has 32 heavy (non-hydrogen) atoms. The van der Waals surface area contributed by atoms with Crippen LogP contribution in [0.3, 0.4) is 0 Å². The van der Waals surface area contributed by atoms with Crippen molar-refractivity contribution in [2.24, 2.45) is 18.2 Å². The Bertz CT molecular complexity index is 822. The fourth-order valence-corrected chi connectivity index (χ4v) is 2.95. The molecule has 2 unspecified atom stereocenters. The van der Waals surface area contributed by atoms with Crippen LogP contribution >= 0.6 is 0 Å². The molecule has 0 radical (unpaired) electrons. The van der Waals surface area contributed by atoms with Gasteiger partial charge in [-0.3, -0.25) is 14.3 Å². The highest BCUT2D eigenvalue weighted by Gasteiger charge is 2.29. The van der Waals surface area contributed by atoms with Gasteiger partial charge in [0.1, 0.15) is 6.04 Å². The number of hydrogen-bond acceptors (Lipinski definition) is 4. The second kappa shape index (κ2) is 13.0. The number of nitrogens with one attached hydrogen (secondary N) is 1. The topological polar surface area (TPSA) is 93.2 Å². The third-order valence-electron chi connectivity index (χ3n) is 5.64. The van der Waals surface area contributed by atoms with Gasteiger partial charge in [0.05, 0.1) is 5.69 Å². The molecule has 1 saturated heterocycles. The number of hydrogen-bond donors (Lipinski definition) is 2. The minimum atomic E-state index is -0.318. The Balaban J connectivity index is 0.000000488. The molecular formula is C25H41N5O2. The SMILES string of the molecule is CC.CC(N)C(C)(C)C.Cn1nccc1-c1ccc(CNC(=O)C2CCCN2C=O)cc1. The molecule has 2 atom stereocenters. The normalized spacial score (nSPS) is 16.2. The lowest BCUT2D eigenvalue weighted by Crippen LogP contribution is -2.42. The maximum absolute atomic E-state index is 12.2. The number of carbonyl (C=O) groups excluding carboxylic acids is 2. The molecule has 2 heterocycles. The van der Waals surface area contributed by atoms with E-state index < -0.39 is 0 Å². The van der Waals surface area contributed by atoms with Gasteiger partial charge in [0.2, 0.25) is 12.3 Å². The third kappa shape index (κ3) is 8.11. The van der Waals surface area contributed by atoms with Gasteiger partial charge in [0, 0.05) is 32.4 Å². The van der Waals surface area contributed by atoms with Gasteiger partial charge in [0.25, 0.3) is 0 Å². The van der Waals surface area contributed by atoms with E-state index in [1.807, 2.05) is 62.8 Å². The molecule has 2 aromatic rings. The molecule has 3 rings (SSSR count). The van der Waals surface area contributed by atoms with Crippen molar-refractivity contribution in [1.29, 1.82) is 0 Å². The lowest BCUT2D eigenvalue weighted by molar-refractivity contribution is -0.131. The minimum absolute atomic E-state index is 0.0784. The number of amides is 2. The van der Waals surface area contributed by atoms with Gasteiger partial charge in [-0.15, -0.1) is 0 Å². The van der Waals surface area contributed by atoms with Crippen molar-refractivity contribution >= 4 is 12.3 Å². The second-order valence-electron chi connectivity index (χ2n) is 8.91. The lowest BCUT2D eigenvalue weighted by atomic mass is 9.89. The number of benzene rings is 1. The van der Waals surface area contributed by atoms with Gasteiger partial charge in [-0.25, -0.2) is 0 Å². The molecule has 7 heteroatoms. The smallest absolute Gasteiger partial charge is 0.243 e. The van der Waals surface area contributed by atoms with Crippen LogP contribution in [0.1, 0.15) is 59.9 Å². The van der Waals surface area contributed by atoms with Crippen molar-refractivity contribution in [3.05, 3.63) is 42.1 Å². The second-order valence-corrected chi connectivity index (χ2v) is 8.91. The largest absolute Gasteiger partial charge is 0.350 e. The Morgan fingerprint density at radius 3 is 2.31 bits per heavy atom. The van der Waals surface area contributed by atoms with Crippen LogP contribution in [0.2, 0.25) is 0 Å². The van der Waals surface area contributed by atoms with Crippen LogP contribution in [-0.2, 0) is 23.2 Å². The Labute approximate surface area is 193 Å². The highest BCUT2D eigenvalue weighted by atomic mass is 16.2. The third-order valence-corrected chi connectivity index (χ3v) is 5.64.